The lowest BCUT2D eigenvalue weighted by atomic mass is 10.1. The second-order valence-corrected chi connectivity index (χ2v) is 3.09. The molecule has 0 bridgehead atoms. The summed E-state index contributed by atoms with van der Waals surface area (Å²) in [7, 11) is 0. The van der Waals surface area contributed by atoms with Crippen LogP contribution in [0.3, 0.4) is 0 Å². The zero-order valence-corrected chi connectivity index (χ0v) is 8.16. The van der Waals surface area contributed by atoms with Gasteiger partial charge in [0.05, 0.1) is 6.10 Å². The van der Waals surface area contributed by atoms with E-state index in [4.69, 9.17) is 5.11 Å². The molecule has 0 aromatic rings. The lowest BCUT2D eigenvalue weighted by Gasteiger charge is -2.00. The normalized spacial score (nSPS) is 14.6. The number of rotatable bonds is 6. The van der Waals surface area contributed by atoms with E-state index in [0.717, 1.165) is 19.3 Å². The van der Waals surface area contributed by atoms with Gasteiger partial charge in [-0.05, 0) is 33.1 Å². The molecule has 1 nitrogen and oxygen atoms in total. The van der Waals surface area contributed by atoms with E-state index in [2.05, 4.69) is 12.2 Å². The first-order chi connectivity index (χ1) is 5.77. The number of hydrogen-bond acceptors (Lipinski definition) is 1. The van der Waals surface area contributed by atoms with Crippen LogP contribution in [0, 0.1) is 0 Å². The van der Waals surface area contributed by atoms with Gasteiger partial charge in [-0.2, -0.15) is 0 Å². The molecule has 0 rings (SSSR count). The molecule has 1 N–H and O–H groups in total. The van der Waals surface area contributed by atoms with E-state index in [-0.39, 0.29) is 6.10 Å². The van der Waals surface area contributed by atoms with Crippen molar-refractivity contribution in [1.29, 1.82) is 0 Å². The standard InChI is InChI=1S/C11H20O/c1-3-4-5-6-7-8-9-10-11(2)12/h3-6,11-12H,7-10H2,1-2H3. The van der Waals surface area contributed by atoms with Gasteiger partial charge in [0.25, 0.3) is 0 Å². The van der Waals surface area contributed by atoms with Crippen LogP contribution >= 0.6 is 0 Å². The minimum absolute atomic E-state index is 0.135. The second-order valence-electron chi connectivity index (χ2n) is 3.09. The first-order valence-corrected chi connectivity index (χ1v) is 4.73. The third-order valence-electron chi connectivity index (χ3n) is 1.68. The topological polar surface area (TPSA) is 20.2 Å². The van der Waals surface area contributed by atoms with E-state index in [1.54, 1.807) is 0 Å². The lowest BCUT2D eigenvalue weighted by Crippen LogP contribution is -1.97. The van der Waals surface area contributed by atoms with E-state index >= 15 is 0 Å². The second kappa shape index (κ2) is 8.54. The maximum absolute atomic E-state index is 8.96. The van der Waals surface area contributed by atoms with Crippen molar-refractivity contribution < 1.29 is 5.11 Å². The number of allylic oxidation sites excluding steroid dienone is 4. The molecule has 0 aliphatic heterocycles. The van der Waals surface area contributed by atoms with Gasteiger partial charge in [0.1, 0.15) is 0 Å². The van der Waals surface area contributed by atoms with Gasteiger partial charge in [-0.1, -0.05) is 30.7 Å². The van der Waals surface area contributed by atoms with Crippen LogP contribution in [-0.2, 0) is 0 Å². The van der Waals surface area contributed by atoms with Gasteiger partial charge in [-0.15, -0.1) is 0 Å². The van der Waals surface area contributed by atoms with Crippen LogP contribution in [0.15, 0.2) is 24.3 Å². The van der Waals surface area contributed by atoms with E-state index in [1.165, 1.54) is 6.42 Å². The van der Waals surface area contributed by atoms with Gasteiger partial charge in [-0.3, -0.25) is 0 Å². The summed E-state index contributed by atoms with van der Waals surface area (Å²) in [5, 5.41) is 8.96. The van der Waals surface area contributed by atoms with Crippen molar-refractivity contribution >= 4 is 0 Å². The summed E-state index contributed by atoms with van der Waals surface area (Å²) in [4.78, 5) is 0. The Morgan fingerprint density at radius 2 is 2.00 bits per heavy atom. The highest BCUT2D eigenvalue weighted by Crippen LogP contribution is 2.03. The SMILES string of the molecule is CC=CC=CCCCCC(C)O. The van der Waals surface area contributed by atoms with Gasteiger partial charge >= 0.3 is 0 Å². The maximum atomic E-state index is 8.96. The quantitative estimate of drug-likeness (QED) is 0.477. The Morgan fingerprint density at radius 1 is 1.25 bits per heavy atom. The van der Waals surface area contributed by atoms with Crippen molar-refractivity contribution in [3.8, 4) is 0 Å². The fourth-order valence-corrected chi connectivity index (χ4v) is 0.988. The molecule has 0 aromatic heterocycles. The molecule has 0 saturated carbocycles. The van der Waals surface area contributed by atoms with Crippen LogP contribution in [0.5, 0.6) is 0 Å². The van der Waals surface area contributed by atoms with Gasteiger partial charge < -0.3 is 5.11 Å². The van der Waals surface area contributed by atoms with Crippen LogP contribution in [0.2, 0.25) is 0 Å². The highest BCUT2D eigenvalue weighted by Gasteiger charge is 1.92. The minimum Gasteiger partial charge on any atom is -0.393 e. The average molecular weight is 168 g/mol. The molecule has 0 amide bonds. The molecule has 1 heteroatoms. The predicted molar refractivity (Wildman–Crippen MR) is 54.1 cm³/mol. The van der Waals surface area contributed by atoms with E-state index in [0.29, 0.717) is 0 Å². The Hall–Kier alpha value is -0.560. The Labute approximate surface area is 75.8 Å². The molecular formula is C11H20O. The maximum Gasteiger partial charge on any atom is 0.0512 e. The van der Waals surface area contributed by atoms with Crippen molar-refractivity contribution in [1.82, 2.24) is 0 Å². The Balaban J connectivity index is 3.10. The smallest absolute Gasteiger partial charge is 0.0512 e. The summed E-state index contributed by atoms with van der Waals surface area (Å²) < 4.78 is 0. The minimum atomic E-state index is -0.135. The zero-order chi connectivity index (χ0) is 9.23. The fourth-order valence-electron chi connectivity index (χ4n) is 0.988. The van der Waals surface area contributed by atoms with Crippen LogP contribution in [0.25, 0.3) is 0 Å². The van der Waals surface area contributed by atoms with E-state index < -0.39 is 0 Å². The molecule has 0 aliphatic rings. The molecule has 0 radical (unpaired) electrons. The van der Waals surface area contributed by atoms with Crippen LogP contribution in [0.1, 0.15) is 39.5 Å². The van der Waals surface area contributed by atoms with Crippen molar-refractivity contribution in [2.75, 3.05) is 0 Å². The summed E-state index contributed by atoms with van der Waals surface area (Å²) in [6.07, 6.45) is 12.5. The lowest BCUT2D eigenvalue weighted by molar-refractivity contribution is 0.181. The molecule has 70 valence electrons. The average Bonchev–Trinajstić information content (AvgIpc) is 2.02. The summed E-state index contributed by atoms with van der Waals surface area (Å²) >= 11 is 0. The Bertz CT molecular complexity index is 134. The molecule has 1 atom stereocenters. The van der Waals surface area contributed by atoms with E-state index in [1.807, 2.05) is 26.0 Å². The highest BCUT2D eigenvalue weighted by molar-refractivity contribution is 5.00. The molecule has 0 aromatic carbocycles. The number of unbranched alkanes of at least 4 members (excludes halogenated alkanes) is 2. The zero-order valence-electron chi connectivity index (χ0n) is 8.16. The first kappa shape index (κ1) is 11.4. The Morgan fingerprint density at radius 3 is 2.58 bits per heavy atom. The van der Waals surface area contributed by atoms with Crippen LogP contribution < -0.4 is 0 Å². The number of aliphatic hydroxyl groups excluding tert-OH is 1. The molecule has 0 spiro atoms. The molecule has 0 saturated heterocycles. The summed E-state index contributed by atoms with van der Waals surface area (Å²) in [5.74, 6) is 0. The molecule has 0 aliphatic carbocycles. The molecular weight excluding hydrogens is 148 g/mol. The largest absolute Gasteiger partial charge is 0.393 e. The Kier molecular flexibility index (Phi) is 8.14. The predicted octanol–water partition coefficient (Wildman–Crippen LogP) is 3.06. The molecule has 1 unspecified atom stereocenters. The van der Waals surface area contributed by atoms with Crippen molar-refractivity contribution in [3.05, 3.63) is 24.3 Å². The van der Waals surface area contributed by atoms with Gasteiger partial charge in [-0.25, -0.2) is 0 Å². The van der Waals surface area contributed by atoms with Crippen LogP contribution in [0.4, 0.5) is 0 Å². The fraction of sp³-hybridized carbons (Fsp3) is 0.636. The third-order valence-corrected chi connectivity index (χ3v) is 1.68. The summed E-state index contributed by atoms with van der Waals surface area (Å²) in [6, 6.07) is 0. The van der Waals surface area contributed by atoms with E-state index in [9.17, 15) is 0 Å². The van der Waals surface area contributed by atoms with Crippen molar-refractivity contribution in [2.45, 2.75) is 45.6 Å². The number of aliphatic hydroxyl groups is 1. The van der Waals surface area contributed by atoms with Crippen molar-refractivity contribution in [3.63, 3.8) is 0 Å². The highest BCUT2D eigenvalue weighted by atomic mass is 16.3. The summed E-state index contributed by atoms with van der Waals surface area (Å²) in [6.45, 7) is 3.85. The van der Waals surface area contributed by atoms with Gasteiger partial charge in [0.2, 0.25) is 0 Å². The first-order valence-electron chi connectivity index (χ1n) is 4.73. The molecule has 12 heavy (non-hydrogen) atoms. The summed E-state index contributed by atoms with van der Waals surface area (Å²) in [5.41, 5.74) is 0. The molecule has 0 heterocycles. The monoisotopic (exact) mass is 168 g/mol. The number of hydrogen-bond donors (Lipinski definition) is 1. The molecule has 0 fully saturated rings. The van der Waals surface area contributed by atoms with Gasteiger partial charge in [0.15, 0.2) is 0 Å². The van der Waals surface area contributed by atoms with Crippen LogP contribution in [-0.4, -0.2) is 11.2 Å². The van der Waals surface area contributed by atoms with Crippen molar-refractivity contribution in [2.24, 2.45) is 0 Å². The van der Waals surface area contributed by atoms with Gasteiger partial charge in [0, 0.05) is 0 Å². The third kappa shape index (κ3) is 9.44.